The van der Waals surface area contributed by atoms with E-state index in [1.165, 1.54) is 12.1 Å². The van der Waals surface area contributed by atoms with Crippen LogP contribution in [0.4, 0.5) is 11.4 Å². The molecule has 0 radical (unpaired) electrons. The van der Waals surface area contributed by atoms with Gasteiger partial charge in [-0.1, -0.05) is 60.7 Å². The standard InChI is InChI=1S/C24H19N4O4S/c29-22(16-17-8-3-1-4-9-17)26-27-23(30)21(15-18-10-7-13-20(14-18)28(31)32)33-24(27)25-19-11-5-2-6-12-19/h1-15,31H,16H2,(H,26,29)/q-1/b21-15-,25-24?. The smallest absolute Gasteiger partial charge is 0.285 e. The fraction of sp³-hybridized carbons (Fsp3) is 0.0417. The second-order valence-corrected chi connectivity index (χ2v) is 8.06. The molecule has 0 aromatic heterocycles. The predicted octanol–water partition coefficient (Wildman–Crippen LogP) is 4.26. The molecule has 3 aromatic carbocycles. The lowest BCUT2D eigenvalue weighted by atomic mass is 10.1. The van der Waals surface area contributed by atoms with Crippen LogP contribution in [-0.4, -0.2) is 27.2 Å². The van der Waals surface area contributed by atoms with Gasteiger partial charge in [0.05, 0.1) is 22.7 Å². The number of hydrogen-bond acceptors (Lipinski definition) is 7. The van der Waals surface area contributed by atoms with Crippen LogP contribution in [0.15, 0.2) is 94.8 Å². The van der Waals surface area contributed by atoms with Gasteiger partial charge in [0.15, 0.2) is 5.17 Å². The molecule has 0 atom stereocenters. The van der Waals surface area contributed by atoms with E-state index in [0.29, 0.717) is 21.3 Å². The van der Waals surface area contributed by atoms with Gasteiger partial charge < -0.3 is 10.4 Å². The minimum absolute atomic E-state index is 0.0333. The minimum atomic E-state index is -0.454. The Morgan fingerprint density at radius 1 is 1.06 bits per heavy atom. The Morgan fingerprint density at radius 2 is 1.76 bits per heavy atom. The molecule has 0 aliphatic carbocycles. The quantitative estimate of drug-likeness (QED) is 0.421. The number of para-hydroxylation sites is 1. The molecule has 3 aromatic rings. The molecule has 0 bridgehead atoms. The number of amidine groups is 1. The normalized spacial score (nSPS) is 15.8. The van der Waals surface area contributed by atoms with E-state index < -0.39 is 5.91 Å². The number of benzene rings is 3. The van der Waals surface area contributed by atoms with Crippen LogP contribution >= 0.6 is 11.8 Å². The van der Waals surface area contributed by atoms with Crippen molar-refractivity contribution < 1.29 is 14.8 Å². The molecule has 0 spiro atoms. The summed E-state index contributed by atoms with van der Waals surface area (Å²) in [6.07, 6.45) is 1.68. The van der Waals surface area contributed by atoms with Crippen molar-refractivity contribution in [2.75, 3.05) is 5.23 Å². The number of nitrogens with one attached hydrogen (secondary N) is 1. The summed E-state index contributed by atoms with van der Waals surface area (Å²) in [5, 5.41) is 21.5. The van der Waals surface area contributed by atoms with Crippen molar-refractivity contribution in [1.29, 1.82) is 0 Å². The van der Waals surface area contributed by atoms with Crippen LogP contribution in [0.5, 0.6) is 0 Å². The van der Waals surface area contributed by atoms with Gasteiger partial charge in [-0.25, -0.2) is 4.99 Å². The van der Waals surface area contributed by atoms with Crippen molar-refractivity contribution in [2.24, 2.45) is 4.99 Å². The van der Waals surface area contributed by atoms with Crippen LogP contribution in [-0.2, 0) is 16.0 Å². The van der Waals surface area contributed by atoms with Crippen LogP contribution < -0.4 is 10.7 Å². The van der Waals surface area contributed by atoms with Crippen LogP contribution in [0.3, 0.4) is 0 Å². The summed E-state index contributed by atoms with van der Waals surface area (Å²) in [6.45, 7) is 0. The van der Waals surface area contributed by atoms with Gasteiger partial charge in [0.25, 0.3) is 5.91 Å². The summed E-state index contributed by atoms with van der Waals surface area (Å²) in [5.41, 5.74) is 4.66. The van der Waals surface area contributed by atoms with Crippen LogP contribution in [0.2, 0.25) is 0 Å². The third kappa shape index (κ3) is 5.66. The lowest BCUT2D eigenvalue weighted by Crippen LogP contribution is -2.46. The van der Waals surface area contributed by atoms with Gasteiger partial charge in [-0.05, 0) is 53.2 Å². The van der Waals surface area contributed by atoms with Crippen molar-refractivity contribution in [3.05, 3.63) is 106 Å². The Hall–Kier alpha value is -3.92. The zero-order valence-electron chi connectivity index (χ0n) is 17.3. The first-order valence-corrected chi connectivity index (χ1v) is 10.8. The average Bonchev–Trinajstić information content (AvgIpc) is 3.09. The number of carbonyl (C=O) groups excluding carboxylic acids is 2. The molecule has 1 heterocycles. The fourth-order valence-electron chi connectivity index (χ4n) is 3.09. The van der Waals surface area contributed by atoms with E-state index >= 15 is 0 Å². The third-order valence-corrected chi connectivity index (χ3v) is 5.59. The maximum atomic E-state index is 13.1. The lowest BCUT2D eigenvalue weighted by Gasteiger charge is -2.21. The van der Waals surface area contributed by atoms with E-state index in [9.17, 15) is 14.8 Å². The topological polar surface area (TPSA) is 108 Å². The largest absolute Gasteiger partial charge is 0.733 e. The molecular formula is C24H19N4O4S-. The number of aliphatic imine (C=N–C) groups is 1. The predicted molar refractivity (Wildman–Crippen MR) is 128 cm³/mol. The first-order valence-electron chi connectivity index (χ1n) is 9.97. The van der Waals surface area contributed by atoms with Gasteiger partial charge in [-0.2, -0.15) is 5.01 Å². The van der Waals surface area contributed by atoms with Gasteiger partial charge in [0.1, 0.15) is 0 Å². The third-order valence-electron chi connectivity index (χ3n) is 4.62. The Kier molecular flexibility index (Phi) is 6.84. The highest BCUT2D eigenvalue weighted by atomic mass is 32.2. The first-order chi connectivity index (χ1) is 16.0. The zero-order valence-corrected chi connectivity index (χ0v) is 18.1. The molecule has 1 fully saturated rings. The molecule has 33 heavy (non-hydrogen) atoms. The Bertz CT molecular complexity index is 1210. The maximum Gasteiger partial charge on any atom is 0.285 e. The second-order valence-electron chi connectivity index (χ2n) is 7.05. The number of anilines is 1. The number of thioether (sulfide) groups is 1. The summed E-state index contributed by atoms with van der Waals surface area (Å²) >= 11 is 1.10. The van der Waals surface area contributed by atoms with E-state index in [-0.39, 0.29) is 23.2 Å². The van der Waals surface area contributed by atoms with E-state index in [1.54, 1.807) is 30.3 Å². The molecule has 8 nitrogen and oxygen atoms in total. The van der Waals surface area contributed by atoms with Gasteiger partial charge in [0, 0.05) is 0 Å². The molecule has 2 N–H and O–H groups in total. The number of carbonyl (C=O) groups is 2. The molecule has 2 amide bonds. The van der Waals surface area contributed by atoms with Crippen LogP contribution in [0.1, 0.15) is 11.1 Å². The number of amides is 2. The molecule has 4 rings (SSSR count). The highest BCUT2D eigenvalue weighted by molar-refractivity contribution is 8.18. The summed E-state index contributed by atoms with van der Waals surface area (Å²) in [5.74, 6) is -0.814. The van der Waals surface area contributed by atoms with E-state index in [1.807, 2.05) is 48.5 Å². The van der Waals surface area contributed by atoms with Gasteiger partial charge in [-0.15, -0.1) is 0 Å². The van der Waals surface area contributed by atoms with Gasteiger partial charge >= 0.3 is 0 Å². The van der Waals surface area contributed by atoms with Crippen molar-refractivity contribution in [3.63, 3.8) is 0 Å². The highest BCUT2D eigenvalue weighted by Gasteiger charge is 2.35. The van der Waals surface area contributed by atoms with Crippen molar-refractivity contribution in [2.45, 2.75) is 6.42 Å². The number of hydrogen-bond donors (Lipinski definition) is 2. The maximum absolute atomic E-state index is 13.1. The molecule has 1 aliphatic rings. The van der Waals surface area contributed by atoms with Crippen LogP contribution in [0, 0.1) is 5.21 Å². The molecule has 0 saturated carbocycles. The molecular weight excluding hydrogens is 440 g/mol. The minimum Gasteiger partial charge on any atom is -0.733 e. The summed E-state index contributed by atoms with van der Waals surface area (Å²) < 4.78 is 0. The van der Waals surface area contributed by atoms with E-state index in [0.717, 1.165) is 22.3 Å². The Balaban J connectivity index is 1.62. The molecule has 0 unspecified atom stereocenters. The average molecular weight is 460 g/mol. The summed E-state index contributed by atoms with van der Waals surface area (Å²) in [6, 6.07) is 24.5. The van der Waals surface area contributed by atoms with Crippen molar-refractivity contribution in [3.8, 4) is 0 Å². The Morgan fingerprint density at radius 3 is 2.45 bits per heavy atom. The SMILES string of the molecule is O=C(Cc1ccccc1)NN1C(=O)/C(=C/c2cccc(N([O-])O)c2)SC1=Nc1ccccc1. The Labute approximate surface area is 194 Å². The van der Waals surface area contributed by atoms with Gasteiger partial charge in [0.2, 0.25) is 5.91 Å². The van der Waals surface area contributed by atoms with Gasteiger partial charge in [-0.3, -0.25) is 20.2 Å². The zero-order chi connectivity index (χ0) is 23.2. The second kappa shape index (κ2) is 10.1. The summed E-state index contributed by atoms with van der Waals surface area (Å²) in [7, 11) is 0. The van der Waals surface area contributed by atoms with E-state index in [2.05, 4.69) is 10.4 Å². The number of nitrogens with zero attached hydrogens (tertiary/aromatic N) is 3. The van der Waals surface area contributed by atoms with Crippen LogP contribution in [0.25, 0.3) is 6.08 Å². The monoisotopic (exact) mass is 459 g/mol. The van der Waals surface area contributed by atoms with Crippen molar-refractivity contribution >= 4 is 46.2 Å². The number of rotatable bonds is 6. The molecule has 9 heteroatoms. The first kappa shape index (κ1) is 22.3. The summed E-state index contributed by atoms with van der Waals surface area (Å²) in [4.78, 5) is 30.6. The van der Waals surface area contributed by atoms with Crippen molar-refractivity contribution in [1.82, 2.24) is 10.4 Å². The highest BCUT2D eigenvalue weighted by Crippen LogP contribution is 2.33. The number of hydrazine groups is 1. The molecule has 1 saturated heterocycles. The molecule has 1 aliphatic heterocycles. The molecule has 166 valence electrons. The fourth-order valence-corrected chi connectivity index (χ4v) is 4.03. The lowest BCUT2D eigenvalue weighted by molar-refractivity contribution is -0.132. The van der Waals surface area contributed by atoms with E-state index in [4.69, 9.17) is 5.21 Å².